The summed E-state index contributed by atoms with van der Waals surface area (Å²) in [4.78, 5) is 6.56. The van der Waals surface area contributed by atoms with Crippen LogP contribution in [0, 0.1) is 5.92 Å². The molecular weight excluding hydrogens is 240 g/mol. The van der Waals surface area contributed by atoms with Gasteiger partial charge in [-0.15, -0.1) is 11.3 Å². The quantitative estimate of drug-likeness (QED) is 0.901. The summed E-state index contributed by atoms with van der Waals surface area (Å²) < 4.78 is 0. The van der Waals surface area contributed by atoms with Crippen molar-refractivity contribution in [2.45, 2.75) is 63.8 Å². The summed E-state index contributed by atoms with van der Waals surface area (Å²) in [5, 5.41) is 4.94. The highest BCUT2D eigenvalue weighted by Gasteiger charge is 2.39. The number of thiazole rings is 1. The Morgan fingerprint density at radius 1 is 1.17 bits per heavy atom. The fraction of sp³-hybridized carbons (Fsp3) is 0.800. The lowest BCUT2D eigenvalue weighted by Crippen LogP contribution is -2.43. The van der Waals surface area contributed by atoms with Crippen molar-refractivity contribution >= 4 is 11.3 Å². The molecule has 0 amide bonds. The minimum Gasteiger partial charge on any atom is -0.308 e. The lowest BCUT2D eigenvalue weighted by atomic mass is 9.85. The second-order valence-electron chi connectivity index (χ2n) is 6.03. The number of nitrogens with one attached hydrogen (secondary N) is 1. The average Bonchev–Trinajstić information content (AvgIpc) is 3.06. The molecule has 1 N–H and O–H groups in total. The maximum Gasteiger partial charge on any atom is 0.113 e. The summed E-state index contributed by atoms with van der Waals surface area (Å²) in [5.41, 5.74) is 1.51. The Bertz CT molecular complexity index is 397. The van der Waals surface area contributed by atoms with Gasteiger partial charge in [0.25, 0.3) is 0 Å². The molecule has 1 fully saturated rings. The maximum atomic E-state index is 4.99. The van der Waals surface area contributed by atoms with Crippen molar-refractivity contribution < 1.29 is 0 Å². The Morgan fingerprint density at radius 2 is 1.89 bits per heavy atom. The van der Waals surface area contributed by atoms with Gasteiger partial charge in [0, 0.05) is 4.88 Å². The van der Waals surface area contributed by atoms with Crippen LogP contribution in [0.15, 0.2) is 0 Å². The Kier molecular flexibility index (Phi) is 3.46. The van der Waals surface area contributed by atoms with Crippen molar-refractivity contribution in [3.05, 3.63) is 15.6 Å². The van der Waals surface area contributed by atoms with Crippen LogP contribution in [0.1, 0.15) is 61.0 Å². The van der Waals surface area contributed by atoms with Crippen LogP contribution in [0.2, 0.25) is 0 Å². The largest absolute Gasteiger partial charge is 0.308 e. The van der Waals surface area contributed by atoms with Gasteiger partial charge in [0.2, 0.25) is 0 Å². The summed E-state index contributed by atoms with van der Waals surface area (Å²) in [6.45, 7) is 2.37. The third kappa shape index (κ3) is 2.01. The van der Waals surface area contributed by atoms with E-state index < -0.39 is 0 Å². The normalized spacial score (nSPS) is 23.9. The van der Waals surface area contributed by atoms with Gasteiger partial charge in [0.1, 0.15) is 5.01 Å². The predicted molar refractivity (Wildman–Crippen MR) is 77.1 cm³/mol. The van der Waals surface area contributed by atoms with E-state index in [2.05, 4.69) is 19.3 Å². The SMILES string of the molecule is CNC(C)(c1nc2c(s1)CCCC2)C1CCCC1. The molecular formula is C15H24N2S. The third-order valence-corrected chi connectivity index (χ3v) is 6.38. The topological polar surface area (TPSA) is 24.9 Å². The first-order valence-electron chi connectivity index (χ1n) is 7.42. The lowest BCUT2D eigenvalue weighted by Gasteiger charge is -2.33. The van der Waals surface area contributed by atoms with E-state index in [0.717, 1.165) is 5.92 Å². The molecule has 1 saturated carbocycles. The highest BCUT2D eigenvalue weighted by atomic mass is 32.1. The highest BCUT2D eigenvalue weighted by molar-refractivity contribution is 7.11. The molecule has 0 aliphatic heterocycles. The molecule has 1 heterocycles. The molecule has 3 rings (SSSR count). The van der Waals surface area contributed by atoms with Gasteiger partial charge in [-0.2, -0.15) is 0 Å². The maximum absolute atomic E-state index is 4.99. The average molecular weight is 264 g/mol. The van der Waals surface area contributed by atoms with E-state index in [4.69, 9.17) is 4.98 Å². The molecule has 3 heteroatoms. The first kappa shape index (κ1) is 12.6. The second-order valence-corrected chi connectivity index (χ2v) is 7.11. The van der Waals surface area contributed by atoms with Crippen molar-refractivity contribution in [1.82, 2.24) is 10.3 Å². The summed E-state index contributed by atoms with van der Waals surface area (Å²) in [6.07, 6.45) is 10.7. The van der Waals surface area contributed by atoms with Crippen molar-refractivity contribution in [3.63, 3.8) is 0 Å². The van der Waals surface area contributed by atoms with E-state index in [1.54, 1.807) is 4.88 Å². The number of rotatable bonds is 3. The Balaban J connectivity index is 1.92. The van der Waals surface area contributed by atoms with Gasteiger partial charge < -0.3 is 5.32 Å². The summed E-state index contributed by atoms with van der Waals surface area (Å²) in [6, 6.07) is 0. The molecule has 0 bridgehead atoms. The molecule has 1 atom stereocenters. The van der Waals surface area contributed by atoms with E-state index in [0.29, 0.717) is 0 Å². The van der Waals surface area contributed by atoms with Gasteiger partial charge in [-0.05, 0) is 58.4 Å². The van der Waals surface area contributed by atoms with Crippen molar-refractivity contribution in [3.8, 4) is 0 Å². The van der Waals surface area contributed by atoms with E-state index >= 15 is 0 Å². The summed E-state index contributed by atoms with van der Waals surface area (Å²) >= 11 is 1.98. The number of fused-ring (bicyclic) bond motifs is 1. The van der Waals surface area contributed by atoms with Crippen LogP contribution in [-0.2, 0) is 18.4 Å². The number of nitrogens with zero attached hydrogens (tertiary/aromatic N) is 1. The fourth-order valence-electron chi connectivity index (χ4n) is 3.56. The predicted octanol–water partition coefficient (Wildman–Crippen LogP) is 3.65. The Hall–Kier alpha value is -0.410. The molecule has 1 unspecified atom stereocenters. The number of aryl methyl sites for hydroxylation is 2. The van der Waals surface area contributed by atoms with E-state index in [9.17, 15) is 0 Å². The smallest absolute Gasteiger partial charge is 0.113 e. The van der Waals surface area contributed by atoms with Gasteiger partial charge >= 0.3 is 0 Å². The minimum absolute atomic E-state index is 0.110. The fourth-order valence-corrected chi connectivity index (χ4v) is 4.94. The molecule has 0 spiro atoms. The molecule has 0 radical (unpaired) electrons. The summed E-state index contributed by atoms with van der Waals surface area (Å²) in [7, 11) is 2.11. The van der Waals surface area contributed by atoms with Crippen molar-refractivity contribution in [2.75, 3.05) is 7.05 Å². The van der Waals surface area contributed by atoms with E-state index in [1.165, 1.54) is 62.1 Å². The Labute approximate surface area is 114 Å². The number of aromatic nitrogens is 1. The second kappa shape index (κ2) is 4.93. The number of hydrogen-bond acceptors (Lipinski definition) is 3. The zero-order valence-corrected chi connectivity index (χ0v) is 12.4. The standard InChI is InChI=1S/C15H24N2S/c1-15(16-2,11-7-3-4-8-11)14-17-12-9-5-6-10-13(12)18-14/h11,16H,3-10H2,1-2H3. The molecule has 100 valence electrons. The van der Waals surface area contributed by atoms with Crippen LogP contribution in [-0.4, -0.2) is 12.0 Å². The van der Waals surface area contributed by atoms with Crippen LogP contribution in [0.25, 0.3) is 0 Å². The zero-order chi connectivity index (χ0) is 12.6. The molecule has 18 heavy (non-hydrogen) atoms. The van der Waals surface area contributed by atoms with Gasteiger partial charge in [0.15, 0.2) is 0 Å². The van der Waals surface area contributed by atoms with Gasteiger partial charge in [-0.1, -0.05) is 12.8 Å². The van der Waals surface area contributed by atoms with Crippen molar-refractivity contribution in [1.29, 1.82) is 0 Å². The molecule has 0 aromatic carbocycles. The van der Waals surface area contributed by atoms with E-state index in [-0.39, 0.29) is 5.54 Å². The molecule has 2 aliphatic carbocycles. The van der Waals surface area contributed by atoms with Gasteiger partial charge in [-0.3, -0.25) is 0 Å². The van der Waals surface area contributed by atoms with Crippen LogP contribution >= 0.6 is 11.3 Å². The zero-order valence-electron chi connectivity index (χ0n) is 11.6. The molecule has 1 aromatic rings. The lowest BCUT2D eigenvalue weighted by molar-refractivity contribution is 0.251. The molecule has 2 aliphatic rings. The summed E-state index contributed by atoms with van der Waals surface area (Å²) in [5.74, 6) is 0.773. The minimum atomic E-state index is 0.110. The Morgan fingerprint density at radius 3 is 2.56 bits per heavy atom. The molecule has 2 nitrogen and oxygen atoms in total. The highest BCUT2D eigenvalue weighted by Crippen LogP contribution is 2.42. The van der Waals surface area contributed by atoms with Crippen LogP contribution in [0.5, 0.6) is 0 Å². The van der Waals surface area contributed by atoms with Crippen LogP contribution < -0.4 is 5.32 Å². The van der Waals surface area contributed by atoms with Gasteiger partial charge in [-0.25, -0.2) is 4.98 Å². The molecule has 1 aromatic heterocycles. The number of hydrogen-bond donors (Lipinski definition) is 1. The first-order valence-corrected chi connectivity index (χ1v) is 8.23. The van der Waals surface area contributed by atoms with E-state index in [1.807, 2.05) is 11.3 Å². The third-order valence-electron chi connectivity index (χ3n) is 4.98. The van der Waals surface area contributed by atoms with Gasteiger partial charge in [0.05, 0.1) is 11.2 Å². The van der Waals surface area contributed by atoms with Crippen molar-refractivity contribution in [2.24, 2.45) is 5.92 Å². The van der Waals surface area contributed by atoms with Crippen LogP contribution in [0.3, 0.4) is 0 Å². The first-order chi connectivity index (χ1) is 8.74. The van der Waals surface area contributed by atoms with Crippen LogP contribution in [0.4, 0.5) is 0 Å². The monoisotopic (exact) mass is 264 g/mol. The molecule has 0 saturated heterocycles.